The van der Waals surface area contributed by atoms with Crippen LogP contribution in [0.15, 0.2) is 22.7 Å². The van der Waals surface area contributed by atoms with Crippen LogP contribution >= 0.6 is 38.5 Å². The molecule has 1 aromatic heterocycles. The third-order valence-corrected chi connectivity index (χ3v) is 3.85. The Hall–Kier alpha value is -1.09. The van der Waals surface area contributed by atoms with Gasteiger partial charge in [0.1, 0.15) is 0 Å². The average Bonchev–Trinajstić information content (AvgIpc) is 2.36. The van der Waals surface area contributed by atoms with Gasteiger partial charge in [-0.25, -0.2) is 4.98 Å². The zero-order valence-corrected chi connectivity index (χ0v) is 14.0. The molecule has 98 valence electrons. The standard InChI is InChI=1S/C12H10BrIN4O/c1-6-7(2)17-18-12(15-6)16-11(19)9-5-8(14)3-4-10(9)13/h3-5H,1-2H3,(H,15,16,18,19). The molecule has 1 heterocycles. The van der Waals surface area contributed by atoms with Gasteiger partial charge in [-0.2, -0.15) is 5.10 Å². The SMILES string of the molecule is Cc1nnc(NC(=O)c2cc(I)ccc2Br)nc1C. The van der Waals surface area contributed by atoms with Gasteiger partial charge in [-0.05, 0) is 70.6 Å². The number of anilines is 1. The molecule has 5 nitrogen and oxygen atoms in total. The quantitative estimate of drug-likeness (QED) is 0.740. The smallest absolute Gasteiger partial charge is 0.259 e. The third kappa shape index (κ3) is 3.47. The normalized spacial score (nSPS) is 10.3. The second kappa shape index (κ2) is 5.91. The number of benzene rings is 1. The van der Waals surface area contributed by atoms with E-state index in [0.717, 1.165) is 19.4 Å². The molecule has 2 aromatic rings. The van der Waals surface area contributed by atoms with Gasteiger partial charge in [-0.3, -0.25) is 10.1 Å². The van der Waals surface area contributed by atoms with E-state index in [4.69, 9.17) is 0 Å². The summed E-state index contributed by atoms with van der Waals surface area (Å²) in [6.07, 6.45) is 0. The van der Waals surface area contributed by atoms with E-state index in [-0.39, 0.29) is 11.9 Å². The highest BCUT2D eigenvalue weighted by Gasteiger charge is 2.12. The highest BCUT2D eigenvalue weighted by molar-refractivity contribution is 14.1. The lowest BCUT2D eigenvalue weighted by Crippen LogP contribution is -2.16. The Kier molecular flexibility index (Phi) is 4.46. The minimum absolute atomic E-state index is 0.207. The first kappa shape index (κ1) is 14.3. The van der Waals surface area contributed by atoms with Crippen molar-refractivity contribution in [1.82, 2.24) is 15.2 Å². The first-order valence-electron chi connectivity index (χ1n) is 5.41. The second-order valence-electron chi connectivity index (χ2n) is 3.88. The lowest BCUT2D eigenvalue weighted by atomic mass is 10.2. The molecule has 0 atom stereocenters. The molecule has 0 spiro atoms. The second-order valence-corrected chi connectivity index (χ2v) is 5.98. The van der Waals surface area contributed by atoms with Crippen LogP contribution in [-0.4, -0.2) is 21.1 Å². The molecule has 0 aliphatic carbocycles. The Morgan fingerprint density at radius 1 is 1.26 bits per heavy atom. The summed E-state index contributed by atoms with van der Waals surface area (Å²) in [5.74, 6) is -0.0608. The lowest BCUT2D eigenvalue weighted by Gasteiger charge is -2.06. The molecule has 2 rings (SSSR count). The molecule has 0 aliphatic heterocycles. The van der Waals surface area contributed by atoms with Gasteiger partial charge in [0.25, 0.3) is 5.91 Å². The first-order valence-corrected chi connectivity index (χ1v) is 7.29. The predicted octanol–water partition coefficient (Wildman–Crippen LogP) is 3.11. The number of hydrogen-bond acceptors (Lipinski definition) is 4. The summed E-state index contributed by atoms with van der Waals surface area (Å²) in [5.41, 5.74) is 2.02. The van der Waals surface area contributed by atoms with Crippen LogP contribution in [0.1, 0.15) is 21.7 Å². The molecular weight excluding hydrogens is 423 g/mol. The van der Waals surface area contributed by atoms with E-state index in [9.17, 15) is 4.79 Å². The van der Waals surface area contributed by atoms with Crippen molar-refractivity contribution < 1.29 is 4.79 Å². The van der Waals surface area contributed by atoms with E-state index in [1.807, 2.05) is 26.0 Å². The summed E-state index contributed by atoms with van der Waals surface area (Å²) in [5, 5.41) is 10.4. The maximum Gasteiger partial charge on any atom is 0.259 e. The van der Waals surface area contributed by atoms with Crippen molar-refractivity contribution in [2.75, 3.05) is 5.32 Å². The van der Waals surface area contributed by atoms with Gasteiger partial charge in [0.15, 0.2) is 0 Å². The Bertz CT molecular complexity index is 648. The van der Waals surface area contributed by atoms with E-state index >= 15 is 0 Å². The number of hydrogen-bond donors (Lipinski definition) is 1. The van der Waals surface area contributed by atoms with Gasteiger partial charge < -0.3 is 0 Å². The molecule has 0 aliphatic rings. The summed E-state index contributed by atoms with van der Waals surface area (Å²) in [6, 6.07) is 5.53. The van der Waals surface area contributed by atoms with Gasteiger partial charge in [-0.15, -0.1) is 5.10 Å². The first-order chi connectivity index (χ1) is 8.97. The highest BCUT2D eigenvalue weighted by Crippen LogP contribution is 2.20. The molecule has 7 heteroatoms. The van der Waals surface area contributed by atoms with Crippen LogP contribution in [0, 0.1) is 17.4 Å². The van der Waals surface area contributed by atoms with Crippen LogP contribution in [0.3, 0.4) is 0 Å². The summed E-state index contributed by atoms with van der Waals surface area (Å²) in [4.78, 5) is 16.3. The number of rotatable bonds is 2. The van der Waals surface area contributed by atoms with E-state index in [0.29, 0.717) is 5.56 Å². The summed E-state index contributed by atoms with van der Waals surface area (Å²) in [7, 11) is 0. The average molecular weight is 433 g/mol. The maximum atomic E-state index is 12.1. The number of amides is 1. The van der Waals surface area contributed by atoms with E-state index in [1.165, 1.54) is 0 Å². The molecule has 19 heavy (non-hydrogen) atoms. The maximum absolute atomic E-state index is 12.1. The van der Waals surface area contributed by atoms with E-state index in [1.54, 1.807) is 6.07 Å². The van der Waals surface area contributed by atoms with Gasteiger partial charge >= 0.3 is 0 Å². The molecule has 0 fully saturated rings. The molecule has 0 unspecified atom stereocenters. The van der Waals surface area contributed by atoms with E-state index < -0.39 is 0 Å². The predicted molar refractivity (Wildman–Crippen MR) is 84.1 cm³/mol. The van der Waals surface area contributed by atoms with Crippen molar-refractivity contribution >= 4 is 50.4 Å². The number of nitrogens with zero attached hydrogens (tertiary/aromatic N) is 3. The summed E-state index contributed by atoms with van der Waals surface area (Å²) >= 11 is 5.50. The van der Waals surface area contributed by atoms with Crippen LogP contribution < -0.4 is 5.32 Å². The molecule has 1 N–H and O–H groups in total. The zero-order valence-electron chi connectivity index (χ0n) is 10.2. The Morgan fingerprint density at radius 3 is 2.68 bits per heavy atom. The van der Waals surface area contributed by atoms with E-state index in [2.05, 4.69) is 59.0 Å². The molecule has 0 radical (unpaired) electrons. The zero-order chi connectivity index (χ0) is 14.0. The van der Waals surface area contributed by atoms with Gasteiger partial charge in [-0.1, -0.05) is 0 Å². The van der Waals surface area contributed by atoms with Gasteiger partial charge in [0.2, 0.25) is 5.95 Å². The van der Waals surface area contributed by atoms with Crippen LogP contribution in [0.4, 0.5) is 5.95 Å². The van der Waals surface area contributed by atoms with Gasteiger partial charge in [0, 0.05) is 8.04 Å². The minimum atomic E-state index is -0.268. The van der Waals surface area contributed by atoms with Gasteiger partial charge in [0.05, 0.1) is 17.0 Å². The molecule has 1 amide bonds. The molecular formula is C12H10BrIN4O. The number of carbonyl (C=O) groups excluding carboxylic acids is 1. The van der Waals surface area contributed by atoms with Crippen LogP contribution in [0.5, 0.6) is 0 Å². The van der Waals surface area contributed by atoms with Crippen LogP contribution in [0.2, 0.25) is 0 Å². The van der Waals surface area contributed by atoms with Crippen molar-refractivity contribution in [3.05, 3.63) is 43.2 Å². The van der Waals surface area contributed by atoms with Crippen molar-refractivity contribution in [1.29, 1.82) is 0 Å². The lowest BCUT2D eigenvalue weighted by molar-refractivity contribution is 0.102. The molecule has 0 bridgehead atoms. The van der Waals surface area contributed by atoms with Crippen molar-refractivity contribution in [3.8, 4) is 0 Å². The van der Waals surface area contributed by atoms with Crippen molar-refractivity contribution in [3.63, 3.8) is 0 Å². The third-order valence-electron chi connectivity index (χ3n) is 2.49. The summed E-state index contributed by atoms with van der Waals surface area (Å²) < 4.78 is 1.70. The molecule has 0 saturated carbocycles. The number of aryl methyl sites for hydroxylation is 2. The topological polar surface area (TPSA) is 67.8 Å². The number of nitrogens with one attached hydrogen (secondary N) is 1. The number of halogens is 2. The molecule has 0 saturated heterocycles. The number of carbonyl (C=O) groups is 1. The summed E-state index contributed by atoms with van der Waals surface area (Å²) in [6.45, 7) is 3.64. The Labute approximate surface area is 132 Å². The monoisotopic (exact) mass is 432 g/mol. The highest BCUT2D eigenvalue weighted by atomic mass is 127. The fourth-order valence-corrected chi connectivity index (χ4v) is 2.27. The number of aromatic nitrogens is 3. The minimum Gasteiger partial charge on any atom is -0.289 e. The molecule has 1 aromatic carbocycles. The van der Waals surface area contributed by atoms with Crippen LogP contribution in [-0.2, 0) is 0 Å². The Balaban J connectivity index is 2.25. The fraction of sp³-hybridized carbons (Fsp3) is 0.167. The Morgan fingerprint density at radius 2 is 2.00 bits per heavy atom. The van der Waals surface area contributed by atoms with Crippen molar-refractivity contribution in [2.24, 2.45) is 0 Å². The largest absolute Gasteiger partial charge is 0.289 e. The van der Waals surface area contributed by atoms with Crippen molar-refractivity contribution in [2.45, 2.75) is 13.8 Å². The fourth-order valence-electron chi connectivity index (χ4n) is 1.35. The van der Waals surface area contributed by atoms with Crippen LogP contribution in [0.25, 0.3) is 0 Å².